The molecule has 5 nitrogen and oxygen atoms in total. The second-order valence-corrected chi connectivity index (χ2v) is 4.55. The first-order valence-electron chi connectivity index (χ1n) is 5.27. The topological polar surface area (TPSA) is 75.4 Å². The molecule has 94 valence electrons. The second-order valence-electron chi connectivity index (χ2n) is 3.63. The van der Waals surface area contributed by atoms with E-state index in [1.807, 2.05) is 0 Å². The Kier molecular flexibility index (Phi) is 4.11. The standard InChI is InChI=1S/C12H11BrN2O3/c13-9-4-8(5-14-6-9)12(17)15-7-10(16)11-2-1-3-18-11/h1-6,10,16H,7H2,(H,15,17). The van der Waals surface area contributed by atoms with Gasteiger partial charge in [-0.15, -0.1) is 0 Å². The summed E-state index contributed by atoms with van der Waals surface area (Å²) in [7, 11) is 0. The minimum Gasteiger partial charge on any atom is -0.467 e. The molecule has 0 spiro atoms. The number of amides is 1. The van der Waals surface area contributed by atoms with Crippen LogP contribution in [0.2, 0.25) is 0 Å². The van der Waals surface area contributed by atoms with Crippen LogP contribution < -0.4 is 5.32 Å². The molecule has 1 amide bonds. The van der Waals surface area contributed by atoms with Crippen LogP contribution in [-0.4, -0.2) is 22.5 Å². The Morgan fingerprint density at radius 1 is 1.56 bits per heavy atom. The summed E-state index contributed by atoms with van der Waals surface area (Å²) >= 11 is 3.24. The van der Waals surface area contributed by atoms with Gasteiger partial charge in [0.05, 0.1) is 18.4 Å². The summed E-state index contributed by atoms with van der Waals surface area (Å²) in [6, 6.07) is 4.98. The van der Waals surface area contributed by atoms with Crippen molar-refractivity contribution in [3.05, 3.63) is 52.7 Å². The van der Waals surface area contributed by atoms with Crippen LogP contribution in [0.1, 0.15) is 22.2 Å². The predicted octanol–water partition coefficient (Wildman–Crippen LogP) is 1.90. The Hall–Kier alpha value is -1.66. The molecule has 0 aliphatic carbocycles. The van der Waals surface area contributed by atoms with Gasteiger partial charge in [-0.2, -0.15) is 0 Å². The van der Waals surface area contributed by atoms with E-state index in [0.717, 1.165) is 4.47 Å². The fourth-order valence-electron chi connectivity index (χ4n) is 1.41. The van der Waals surface area contributed by atoms with Gasteiger partial charge in [-0.3, -0.25) is 9.78 Å². The predicted molar refractivity (Wildman–Crippen MR) is 67.9 cm³/mol. The maximum atomic E-state index is 11.8. The highest BCUT2D eigenvalue weighted by Gasteiger charge is 2.13. The molecule has 1 unspecified atom stereocenters. The molecule has 0 saturated carbocycles. The van der Waals surface area contributed by atoms with Crippen LogP contribution in [0.25, 0.3) is 0 Å². The highest BCUT2D eigenvalue weighted by atomic mass is 79.9. The van der Waals surface area contributed by atoms with E-state index < -0.39 is 6.10 Å². The number of aromatic nitrogens is 1. The summed E-state index contributed by atoms with van der Waals surface area (Å²) in [5.41, 5.74) is 0.427. The third-order valence-electron chi connectivity index (χ3n) is 2.29. The third kappa shape index (κ3) is 3.18. The van der Waals surface area contributed by atoms with E-state index in [1.54, 1.807) is 24.4 Å². The van der Waals surface area contributed by atoms with Crippen molar-refractivity contribution in [3.8, 4) is 0 Å². The number of carbonyl (C=O) groups is 1. The first-order chi connectivity index (χ1) is 8.66. The van der Waals surface area contributed by atoms with Crippen LogP contribution in [0.15, 0.2) is 45.7 Å². The summed E-state index contributed by atoms with van der Waals surface area (Å²) < 4.78 is 5.76. The number of nitrogens with zero attached hydrogens (tertiary/aromatic N) is 1. The van der Waals surface area contributed by atoms with Gasteiger partial charge in [-0.1, -0.05) is 0 Å². The normalized spacial score (nSPS) is 12.1. The fraction of sp³-hybridized carbons (Fsp3) is 0.167. The Labute approximate surface area is 112 Å². The molecule has 2 aromatic heterocycles. The van der Waals surface area contributed by atoms with Gasteiger partial charge < -0.3 is 14.8 Å². The van der Waals surface area contributed by atoms with Gasteiger partial charge in [0.1, 0.15) is 11.9 Å². The molecule has 2 aromatic rings. The van der Waals surface area contributed by atoms with Gasteiger partial charge in [0, 0.05) is 16.9 Å². The lowest BCUT2D eigenvalue weighted by Gasteiger charge is -2.09. The van der Waals surface area contributed by atoms with Crippen molar-refractivity contribution in [1.82, 2.24) is 10.3 Å². The Balaban J connectivity index is 1.92. The minimum atomic E-state index is -0.857. The molecule has 2 rings (SSSR count). The van der Waals surface area contributed by atoms with Crippen LogP contribution >= 0.6 is 15.9 Å². The van der Waals surface area contributed by atoms with Gasteiger partial charge in [0.15, 0.2) is 0 Å². The number of pyridine rings is 1. The zero-order valence-electron chi connectivity index (χ0n) is 9.34. The van der Waals surface area contributed by atoms with E-state index in [-0.39, 0.29) is 12.5 Å². The zero-order chi connectivity index (χ0) is 13.0. The maximum absolute atomic E-state index is 11.8. The molecule has 0 fully saturated rings. The number of hydrogen-bond acceptors (Lipinski definition) is 4. The van der Waals surface area contributed by atoms with Crippen LogP contribution in [-0.2, 0) is 0 Å². The van der Waals surface area contributed by atoms with Gasteiger partial charge in [0.2, 0.25) is 0 Å². The van der Waals surface area contributed by atoms with Crippen molar-refractivity contribution in [2.24, 2.45) is 0 Å². The smallest absolute Gasteiger partial charge is 0.252 e. The number of nitrogens with one attached hydrogen (secondary N) is 1. The average molecular weight is 311 g/mol. The average Bonchev–Trinajstić information content (AvgIpc) is 2.89. The van der Waals surface area contributed by atoms with Crippen molar-refractivity contribution in [3.63, 3.8) is 0 Å². The molecule has 0 aliphatic heterocycles. The molecule has 2 heterocycles. The SMILES string of the molecule is O=C(NCC(O)c1ccco1)c1cncc(Br)c1. The van der Waals surface area contributed by atoms with E-state index in [4.69, 9.17) is 4.42 Å². The van der Waals surface area contributed by atoms with Crippen molar-refractivity contribution in [1.29, 1.82) is 0 Å². The van der Waals surface area contributed by atoms with E-state index in [1.165, 1.54) is 12.5 Å². The summed E-state index contributed by atoms with van der Waals surface area (Å²) in [5, 5.41) is 12.3. The summed E-state index contributed by atoms with van der Waals surface area (Å²) in [6.45, 7) is 0.0822. The lowest BCUT2D eigenvalue weighted by molar-refractivity contribution is 0.0900. The Bertz CT molecular complexity index is 528. The van der Waals surface area contributed by atoms with Gasteiger partial charge in [-0.05, 0) is 34.1 Å². The molecular formula is C12H11BrN2O3. The van der Waals surface area contributed by atoms with E-state index in [2.05, 4.69) is 26.2 Å². The number of halogens is 1. The molecule has 18 heavy (non-hydrogen) atoms. The van der Waals surface area contributed by atoms with Crippen LogP contribution in [0.5, 0.6) is 0 Å². The van der Waals surface area contributed by atoms with Crippen molar-refractivity contribution < 1.29 is 14.3 Å². The molecule has 0 radical (unpaired) electrons. The van der Waals surface area contributed by atoms with Gasteiger partial charge >= 0.3 is 0 Å². The van der Waals surface area contributed by atoms with Crippen molar-refractivity contribution in [2.45, 2.75) is 6.10 Å². The second kappa shape index (κ2) is 5.79. The fourth-order valence-corrected chi connectivity index (χ4v) is 1.77. The third-order valence-corrected chi connectivity index (χ3v) is 2.73. The molecule has 0 aromatic carbocycles. The summed E-state index contributed by atoms with van der Waals surface area (Å²) in [4.78, 5) is 15.7. The van der Waals surface area contributed by atoms with Crippen LogP contribution in [0.3, 0.4) is 0 Å². The molecule has 0 saturated heterocycles. The number of furan rings is 1. The Morgan fingerprint density at radius 3 is 3.06 bits per heavy atom. The summed E-state index contributed by atoms with van der Waals surface area (Å²) in [6.07, 6.45) is 3.66. The number of aliphatic hydroxyl groups is 1. The van der Waals surface area contributed by atoms with Gasteiger partial charge in [0.25, 0.3) is 5.91 Å². The van der Waals surface area contributed by atoms with Crippen molar-refractivity contribution in [2.75, 3.05) is 6.54 Å². The molecule has 2 N–H and O–H groups in total. The number of hydrogen-bond donors (Lipinski definition) is 2. The number of rotatable bonds is 4. The minimum absolute atomic E-state index is 0.0822. The monoisotopic (exact) mass is 310 g/mol. The first kappa shape index (κ1) is 12.8. The van der Waals surface area contributed by atoms with Crippen LogP contribution in [0, 0.1) is 0 Å². The molecule has 0 bridgehead atoms. The quantitative estimate of drug-likeness (QED) is 0.904. The summed E-state index contributed by atoms with van der Waals surface area (Å²) in [5.74, 6) is 0.122. The zero-order valence-corrected chi connectivity index (χ0v) is 10.9. The lowest BCUT2D eigenvalue weighted by atomic mass is 10.2. The Morgan fingerprint density at radius 2 is 2.39 bits per heavy atom. The van der Waals surface area contributed by atoms with Gasteiger partial charge in [-0.25, -0.2) is 0 Å². The first-order valence-corrected chi connectivity index (χ1v) is 6.06. The number of carbonyl (C=O) groups excluding carboxylic acids is 1. The molecule has 1 atom stereocenters. The lowest BCUT2D eigenvalue weighted by Crippen LogP contribution is -2.28. The number of aliphatic hydroxyl groups excluding tert-OH is 1. The van der Waals surface area contributed by atoms with Crippen molar-refractivity contribution >= 4 is 21.8 Å². The maximum Gasteiger partial charge on any atom is 0.252 e. The van der Waals surface area contributed by atoms with E-state index >= 15 is 0 Å². The highest BCUT2D eigenvalue weighted by molar-refractivity contribution is 9.10. The van der Waals surface area contributed by atoms with Crippen LogP contribution in [0.4, 0.5) is 0 Å². The van der Waals surface area contributed by atoms with E-state index in [0.29, 0.717) is 11.3 Å². The largest absolute Gasteiger partial charge is 0.467 e. The highest BCUT2D eigenvalue weighted by Crippen LogP contribution is 2.12. The molecule has 0 aliphatic rings. The van der Waals surface area contributed by atoms with E-state index in [9.17, 15) is 9.90 Å². The molecule has 6 heteroatoms. The molecular weight excluding hydrogens is 300 g/mol.